The lowest BCUT2D eigenvalue weighted by Crippen LogP contribution is -2.18. The quantitative estimate of drug-likeness (QED) is 0.849. The molecule has 1 heterocycles. The number of thiophene rings is 1. The molecule has 20 heavy (non-hydrogen) atoms. The standard InChI is InChI=1S/C17H23NOS/c1-4-17(2,3)13-7-9-14(10-8-13)19-15(12-18)16-6-5-11-20-16/h5-11,15H,4,12,18H2,1-3H3. The maximum absolute atomic E-state index is 5.99. The molecule has 1 unspecified atom stereocenters. The van der Waals surface area contributed by atoms with Crippen molar-refractivity contribution in [3.63, 3.8) is 0 Å². The fourth-order valence-corrected chi connectivity index (χ4v) is 2.82. The minimum atomic E-state index is -0.0555. The topological polar surface area (TPSA) is 35.2 Å². The summed E-state index contributed by atoms with van der Waals surface area (Å²) in [5, 5.41) is 2.05. The summed E-state index contributed by atoms with van der Waals surface area (Å²) in [6.07, 6.45) is 1.06. The molecule has 0 aliphatic heterocycles. The SMILES string of the molecule is CCC(C)(C)c1ccc(OC(CN)c2cccs2)cc1. The van der Waals surface area contributed by atoms with Gasteiger partial charge < -0.3 is 10.5 Å². The first-order valence-corrected chi connectivity index (χ1v) is 7.95. The fourth-order valence-electron chi connectivity index (χ4n) is 2.05. The third-order valence-corrected chi connectivity index (χ3v) is 4.84. The second-order valence-electron chi connectivity index (χ2n) is 5.62. The average molecular weight is 289 g/mol. The molecule has 3 heteroatoms. The van der Waals surface area contributed by atoms with E-state index in [0.717, 1.165) is 12.2 Å². The zero-order valence-corrected chi connectivity index (χ0v) is 13.2. The molecule has 1 aromatic heterocycles. The van der Waals surface area contributed by atoms with Crippen LogP contribution in [-0.4, -0.2) is 6.54 Å². The number of ether oxygens (including phenoxy) is 1. The molecule has 0 aliphatic carbocycles. The Morgan fingerprint density at radius 2 is 1.90 bits per heavy atom. The lowest BCUT2D eigenvalue weighted by molar-refractivity contribution is 0.218. The molecule has 0 bridgehead atoms. The molecule has 1 atom stereocenters. The van der Waals surface area contributed by atoms with Gasteiger partial charge in [-0.05, 0) is 41.0 Å². The van der Waals surface area contributed by atoms with Crippen molar-refractivity contribution in [1.82, 2.24) is 0 Å². The fraction of sp³-hybridized carbons (Fsp3) is 0.412. The molecular formula is C17H23NOS. The number of benzene rings is 1. The summed E-state index contributed by atoms with van der Waals surface area (Å²) < 4.78 is 5.99. The highest BCUT2D eigenvalue weighted by molar-refractivity contribution is 7.10. The second kappa shape index (κ2) is 6.42. The predicted molar refractivity (Wildman–Crippen MR) is 86.5 cm³/mol. The first-order valence-electron chi connectivity index (χ1n) is 7.07. The summed E-state index contributed by atoms with van der Waals surface area (Å²) in [6.45, 7) is 7.22. The van der Waals surface area contributed by atoms with Gasteiger partial charge in [-0.3, -0.25) is 0 Å². The Balaban J connectivity index is 2.11. The van der Waals surface area contributed by atoms with E-state index in [-0.39, 0.29) is 11.5 Å². The van der Waals surface area contributed by atoms with Crippen molar-refractivity contribution < 1.29 is 4.74 Å². The van der Waals surface area contributed by atoms with E-state index < -0.39 is 0 Å². The Morgan fingerprint density at radius 3 is 2.40 bits per heavy atom. The Labute approximate surface area is 125 Å². The molecular weight excluding hydrogens is 266 g/mol. The maximum atomic E-state index is 5.99. The van der Waals surface area contributed by atoms with Crippen molar-refractivity contribution in [2.24, 2.45) is 5.73 Å². The van der Waals surface area contributed by atoms with Crippen LogP contribution in [0, 0.1) is 0 Å². The van der Waals surface area contributed by atoms with Gasteiger partial charge in [0.25, 0.3) is 0 Å². The molecule has 2 rings (SSSR count). The Kier molecular flexibility index (Phi) is 4.84. The second-order valence-corrected chi connectivity index (χ2v) is 6.60. The van der Waals surface area contributed by atoms with Crippen LogP contribution in [0.15, 0.2) is 41.8 Å². The van der Waals surface area contributed by atoms with E-state index >= 15 is 0 Å². The van der Waals surface area contributed by atoms with Crippen molar-refractivity contribution in [3.8, 4) is 5.75 Å². The molecule has 1 aromatic carbocycles. The molecule has 0 aliphatic rings. The van der Waals surface area contributed by atoms with Gasteiger partial charge in [-0.2, -0.15) is 0 Å². The minimum Gasteiger partial charge on any atom is -0.484 e. The molecule has 2 N–H and O–H groups in total. The molecule has 0 saturated heterocycles. The molecule has 2 aromatic rings. The van der Waals surface area contributed by atoms with Crippen LogP contribution in [0.4, 0.5) is 0 Å². The van der Waals surface area contributed by atoms with E-state index in [1.807, 2.05) is 23.6 Å². The Bertz CT molecular complexity index is 516. The van der Waals surface area contributed by atoms with Crippen LogP contribution in [0.3, 0.4) is 0 Å². The monoisotopic (exact) mass is 289 g/mol. The van der Waals surface area contributed by atoms with Crippen molar-refractivity contribution in [1.29, 1.82) is 0 Å². The third kappa shape index (κ3) is 3.41. The van der Waals surface area contributed by atoms with Gasteiger partial charge in [-0.15, -0.1) is 11.3 Å². The Hall–Kier alpha value is -1.32. The molecule has 2 nitrogen and oxygen atoms in total. The van der Waals surface area contributed by atoms with Gasteiger partial charge in [0.1, 0.15) is 11.9 Å². The predicted octanol–water partition coefficient (Wildman–Crippen LogP) is 4.51. The lowest BCUT2D eigenvalue weighted by atomic mass is 9.82. The maximum Gasteiger partial charge on any atom is 0.145 e. The van der Waals surface area contributed by atoms with Gasteiger partial charge >= 0.3 is 0 Å². The highest BCUT2D eigenvalue weighted by Crippen LogP contribution is 2.30. The summed E-state index contributed by atoms with van der Waals surface area (Å²) in [5.74, 6) is 0.879. The van der Waals surface area contributed by atoms with Crippen molar-refractivity contribution in [2.75, 3.05) is 6.54 Å². The zero-order chi connectivity index (χ0) is 14.6. The van der Waals surface area contributed by atoms with E-state index in [1.54, 1.807) is 11.3 Å². The number of rotatable bonds is 6. The van der Waals surface area contributed by atoms with Crippen LogP contribution in [-0.2, 0) is 5.41 Å². The highest BCUT2D eigenvalue weighted by Gasteiger charge is 2.18. The van der Waals surface area contributed by atoms with E-state index in [4.69, 9.17) is 10.5 Å². The van der Waals surface area contributed by atoms with Crippen molar-refractivity contribution in [3.05, 3.63) is 52.2 Å². The van der Waals surface area contributed by atoms with Crippen LogP contribution >= 0.6 is 11.3 Å². The summed E-state index contributed by atoms with van der Waals surface area (Å²) >= 11 is 1.68. The zero-order valence-electron chi connectivity index (χ0n) is 12.4. The molecule has 0 spiro atoms. The highest BCUT2D eigenvalue weighted by atomic mass is 32.1. The van der Waals surface area contributed by atoms with Gasteiger partial charge in [0.15, 0.2) is 0 Å². The molecule has 0 amide bonds. The first kappa shape index (κ1) is 15.1. The third-order valence-electron chi connectivity index (χ3n) is 3.87. The summed E-state index contributed by atoms with van der Waals surface area (Å²) in [5.41, 5.74) is 7.36. The van der Waals surface area contributed by atoms with E-state index in [9.17, 15) is 0 Å². The number of hydrogen-bond acceptors (Lipinski definition) is 3. The van der Waals surface area contributed by atoms with Gasteiger partial charge in [0, 0.05) is 11.4 Å². The smallest absolute Gasteiger partial charge is 0.145 e. The van der Waals surface area contributed by atoms with E-state index in [1.165, 1.54) is 10.4 Å². The summed E-state index contributed by atoms with van der Waals surface area (Å²) in [4.78, 5) is 1.17. The summed E-state index contributed by atoms with van der Waals surface area (Å²) in [6, 6.07) is 12.5. The minimum absolute atomic E-state index is 0.0555. The number of nitrogens with two attached hydrogens (primary N) is 1. The van der Waals surface area contributed by atoms with Crippen molar-refractivity contribution in [2.45, 2.75) is 38.7 Å². The van der Waals surface area contributed by atoms with Crippen LogP contribution in [0.25, 0.3) is 0 Å². The average Bonchev–Trinajstić information content (AvgIpc) is 2.99. The lowest BCUT2D eigenvalue weighted by Gasteiger charge is -2.24. The molecule has 108 valence electrons. The van der Waals surface area contributed by atoms with Crippen LogP contribution in [0.2, 0.25) is 0 Å². The first-order chi connectivity index (χ1) is 9.56. The van der Waals surface area contributed by atoms with E-state index in [2.05, 4.69) is 39.0 Å². The normalized spacial score (nSPS) is 13.2. The van der Waals surface area contributed by atoms with Crippen molar-refractivity contribution >= 4 is 11.3 Å². The summed E-state index contributed by atoms with van der Waals surface area (Å²) in [7, 11) is 0. The largest absolute Gasteiger partial charge is 0.484 e. The van der Waals surface area contributed by atoms with E-state index in [0.29, 0.717) is 6.54 Å². The van der Waals surface area contributed by atoms with Gasteiger partial charge in [0.2, 0.25) is 0 Å². The van der Waals surface area contributed by atoms with Gasteiger partial charge in [-0.1, -0.05) is 39.0 Å². The molecule has 0 radical (unpaired) electrons. The Morgan fingerprint density at radius 1 is 1.20 bits per heavy atom. The van der Waals surface area contributed by atoms with Crippen LogP contribution in [0.5, 0.6) is 5.75 Å². The van der Waals surface area contributed by atoms with Crippen LogP contribution < -0.4 is 10.5 Å². The van der Waals surface area contributed by atoms with Gasteiger partial charge in [0.05, 0.1) is 0 Å². The molecule has 0 saturated carbocycles. The van der Waals surface area contributed by atoms with Crippen LogP contribution in [0.1, 0.15) is 43.7 Å². The molecule has 0 fully saturated rings. The number of hydrogen-bond donors (Lipinski definition) is 1. The van der Waals surface area contributed by atoms with Gasteiger partial charge in [-0.25, -0.2) is 0 Å².